The molecule has 1 heterocycles. The Balaban J connectivity index is 2.15. The zero-order valence-corrected chi connectivity index (χ0v) is 13.4. The number of benzene rings is 2. The van der Waals surface area contributed by atoms with Gasteiger partial charge in [-0.3, -0.25) is 0 Å². The van der Waals surface area contributed by atoms with Gasteiger partial charge < -0.3 is 10.7 Å². The van der Waals surface area contributed by atoms with Crippen molar-refractivity contribution in [3.63, 3.8) is 0 Å². The molecule has 3 aromatic rings. The van der Waals surface area contributed by atoms with Crippen LogP contribution in [0.15, 0.2) is 42.5 Å². The number of aryl methyl sites for hydroxylation is 2. The van der Waals surface area contributed by atoms with Crippen LogP contribution in [-0.2, 0) is 6.42 Å². The van der Waals surface area contributed by atoms with E-state index in [0.29, 0.717) is 12.1 Å². The lowest BCUT2D eigenvalue weighted by Crippen LogP contribution is -1.99. The highest BCUT2D eigenvalue weighted by atomic mass is 14.7. The van der Waals surface area contributed by atoms with Crippen molar-refractivity contribution in [3.05, 3.63) is 59.2 Å². The van der Waals surface area contributed by atoms with Gasteiger partial charge in [-0.15, -0.1) is 0 Å². The molecule has 3 N–H and O–H groups in total. The molecule has 1 aromatic heterocycles. The number of nitrogens with one attached hydrogen (secondary N) is 1. The third-order valence-electron chi connectivity index (χ3n) is 4.22. The Labute approximate surface area is 136 Å². The van der Waals surface area contributed by atoms with Crippen molar-refractivity contribution in [1.29, 1.82) is 5.26 Å². The van der Waals surface area contributed by atoms with Gasteiger partial charge in [-0.25, -0.2) is 0 Å². The molecule has 0 saturated heterocycles. The fourth-order valence-corrected chi connectivity index (χ4v) is 3.07. The fourth-order valence-electron chi connectivity index (χ4n) is 3.07. The van der Waals surface area contributed by atoms with Gasteiger partial charge in [-0.05, 0) is 68.1 Å². The molecule has 0 radical (unpaired) electrons. The Morgan fingerprint density at radius 1 is 1.13 bits per heavy atom. The number of aromatic nitrogens is 1. The molecular weight excluding hydrogens is 282 g/mol. The molecule has 0 atom stereocenters. The van der Waals surface area contributed by atoms with E-state index in [-0.39, 0.29) is 0 Å². The van der Waals surface area contributed by atoms with Crippen LogP contribution >= 0.6 is 0 Å². The molecule has 0 saturated carbocycles. The summed E-state index contributed by atoms with van der Waals surface area (Å²) < 4.78 is 0. The van der Waals surface area contributed by atoms with Crippen LogP contribution in [0.2, 0.25) is 0 Å². The molecule has 3 rings (SSSR count). The van der Waals surface area contributed by atoms with Crippen molar-refractivity contribution in [2.24, 2.45) is 5.73 Å². The van der Waals surface area contributed by atoms with Gasteiger partial charge in [-0.1, -0.05) is 23.8 Å². The van der Waals surface area contributed by atoms with E-state index in [1.165, 1.54) is 16.7 Å². The zero-order chi connectivity index (χ0) is 16.2. The second kappa shape index (κ2) is 6.68. The van der Waals surface area contributed by atoms with E-state index in [9.17, 15) is 5.26 Å². The van der Waals surface area contributed by atoms with Crippen molar-refractivity contribution < 1.29 is 0 Å². The fraction of sp³-hybridized carbons (Fsp3) is 0.250. The highest BCUT2D eigenvalue weighted by Gasteiger charge is 2.13. The van der Waals surface area contributed by atoms with E-state index in [0.717, 1.165) is 35.9 Å². The number of rotatable bonds is 5. The smallest absolute Gasteiger partial charge is 0.0991 e. The van der Waals surface area contributed by atoms with Crippen LogP contribution in [0.5, 0.6) is 0 Å². The molecule has 0 aliphatic heterocycles. The third-order valence-corrected chi connectivity index (χ3v) is 4.22. The molecule has 0 amide bonds. The average molecular weight is 303 g/mol. The van der Waals surface area contributed by atoms with Crippen LogP contribution in [-0.4, -0.2) is 11.5 Å². The molecular formula is C20H21N3. The van der Waals surface area contributed by atoms with E-state index in [1.807, 2.05) is 18.2 Å². The van der Waals surface area contributed by atoms with Gasteiger partial charge >= 0.3 is 0 Å². The van der Waals surface area contributed by atoms with Crippen LogP contribution in [0.3, 0.4) is 0 Å². The number of unbranched alkanes of at least 4 members (excludes halogenated alkanes) is 1. The summed E-state index contributed by atoms with van der Waals surface area (Å²) >= 11 is 0. The Bertz CT molecular complexity index is 868. The number of H-pyrrole nitrogens is 1. The molecule has 23 heavy (non-hydrogen) atoms. The van der Waals surface area contributed by atoms with Gasteiger partial charge in [0, 0.05) is 16.6 Å². The standard InChI is InChI=1S/C20H21N3/c1-14-5-4-6-16(11-14)20-17(7-2-3-10-21)18-12-15(13-22)8-9-19(18)23-20/h4-6,8-9,11-12,23H,2-3,7,10,21H2,1H3. The molecule has 116 valence electrons. The molecule has 0 unspecified atom stereocenters. The SMILES string of the molecule is Cc1cccc(-c2[nH]c3ccc(C#N)cc3c2CCCCN)c1. The maximum Gasteiger partial charge on any atom is 0.0991 e. The lowest BCUT2D eigenvalue weighted by molar-refractivity contribution is 0.748. The summed E-state index contributed by atoms with van der Waals surface area (Å²) in [6.07, 6.45) is 3.03. The molecule has 0 fully saturated rings. The number of fused-ring (bicyclic) bond motifs is 1. The first-order valence-electron chi connectivity index (χ1n) is 8.04. The minimum absolute atomic E-state index is 0.701. The largest absolute Gasteiger partial charge is 0.354 e. The van der Waals surface area contributed by atoms with Crippen LogP contribution in [0, 0.1) is 18.3 Å². The van der Waals surface area contributed by atoms with Crippen LogP contribution in [0.4, 0.5) is 0 Å². The van der Waals surface area contributed by atoms with Crippen molar-refractivity contribution in [1.82, 2.24) is 4.98 Å². The highest BCUT2D eigenvalue weighted by Crippen LogP contribution is 2.32. The second-order valence-electron chi connectivity index (χ2n) is 5.97. The first kappa shape index (κ1) is 15.3. The molecule has 0 spiro atoms. The molecule has 2 aromatic carbocycles. The Morgan fingerprint density at radius 3 is 2.74 bits per heavy atom. The lowest BCUT2D eigenvalue weighted by atomic mass is 9.98. The minimum Gasteiger partial charge on any atom is -0.354 e. The van der Waals surface area contributed by atoms with Gasteiger partial charge in [-0.2, -0.15) is 5.26 Å². The molecule has 0 bridgehead atoms. The average Bonchev–Trinajstić information content (AvgIpc) is 2.93. The Morgan fingerprint density at radius 2 is 2.00 bits per heavy atom. The van der Waals surface area contributed by atoms with Gasteiger partial charge in [0.1, 0.15) is 0 Å². The number of hydrogen-bond acceptors (Lipinski definition) is 2. The summed E-state index contributed by atoms with van der Waals surface area (Å²) in [7, 11) is 0. The topological polar surface area (TPSA) is 65.6 Å². The summed E-state index contributed by atoms with van der Waals surface area (Å²) in [5.41, 5.74) is 12.3. The number of nitrogens with two attached hydrogens (primary N) is 1. The van der Waals surface area contributed by atoms with E-state index in [1.54, 1.807) is 0 Å². The summed E-state index contributed by atoms with van der Waals surface area (Å²) in [6.45, 7) is 2.82. The van der Waals surface area contributed by atoms with Gasteiger partial charge in [0.05, 0.1) is 11.6 Å². The lowest BCUT2D eigenvalue weighted by Gasteiger charge is -2.06. The van der Waals surface area contributed by atoms with E-state index in [2.05, 4.69) is 42.2 Å². The van der Waals surface area contributed by atoms with Crippen molar-refractivity contribution in [2.75, 3.05) is 6.54 Å². The maximum atomic E-state index is 9.19. The van der Waals surface area contributed by atoms with Crippen molar-refractivity contribution >= 4 is 10.9 Å². The molecule has 0 aliphatic carbocycles. The summed E-state index contributed by atoms with van der Waals surface area (Å²) in [6, 6.07) is 16.6. The van der Waals surface area contributed by atoms with Gasteiger partial charge in [0.25, 0.3) is 0 Å². The molecule has 3 heteroatoms. The number of hydrogen-bond donors (Lipinski definition) is 2. The van der Waals surface area contributed by atoms with Crippen LogP contribution < -0.4 is 5.73 Å². The number of nitrogens with zero attached hydrogens (tertiary/aromatic N) is 1. The first-order chi connectivity index (χ1) is 11.2. The van der Waals surface area contributed by atoms with Gasteiger partial charge in [0.2, 0.25) is 0 Å². The normalized spacial score (nSPS) is 10.8. The van der Waals surface area contributed by atoms with Crippen LogP contribution in [0.1, 0.15) is 29.5 Å². The third kappa shape index (κ3) is 3.13. The minimum atomic E-state index is 0.701. The Kier molecular flexibility index (Phi) is 4.45. The van der Waals surface area contributed by atoms with Crippen molar-refractivity contribution in [2.45, 2.75) is 26.2 Å². The van der Waals surface area contributed by atoms with Crippen LogP contribution in [0.25, 0.3) is 22.2 Å². The second-order valence-corrected chi connectivity index (χ2v) is 5.97. The summed E-state index contributed by atoms with van der Waals surface area (Å²) in [5.74, 6) is 0. The van der Waals surface area contributed by atoms with E-state index >= 15 is 0 Å². The highest BCUT2D eigenvalue weighted by molar-refractivity contribution is 5.91. The predicted molar refractivity (Wildman–Crippen MR) is 95.2 cm³/mol. The van der Waals surface area contributed by atoms with Gasteiger partial charge in [0.15, 0.2) is 0 Å². The summed E-state index contributed by atoms with van der Waals surface area (Å²) in [4.78, 5) is 3.55. The molecule has 0 aliphatic rings. The monoisotopic (exact) mass is 303 g/mol. The van der Waals surface area contributed by atoms with E-state index in [4.69, 9.17) is 5.73 Å². The Hall–Kier alpha value is -2.57. The zero-order valence-electron chi connectivity index (χ0n) is 13.4. The maximum absolute atomic E-state index is 9.19. The predicted octanol–water partition coefficient (Wildman–Crippen LogP) is 4.30. The van der Waals surface area contributed by atoms with E-state index < -0.39 is 0 Å². The molecule has 3 nitrogen and oxygen atoms in total. The van der Waals surface area contributed by atoms with Crippen molar-refractivity contribution in [3.8, 4) is 17.3 Å². The first-order valence-corrected chi connectivity index (χ1v) is 8.04. The summed E-state index contributed by atoms with van der Waals surface area (Å²) in [5, 5.41) is 10.3. The number of aromatic amines is 1. The number of nitriles is 1. The quantitative estimate of drug-likeness (QED) is 0.690.